The Morgan fingerprint density at radius 3 is 3.00 bits per heavy atom. The van der Waals surface area contributed by atoms with Crippen molar-refractivity contribution in [2.75, 3.05) is 11.9 Å². The van der Waals surface area contributed by atoms with E-state index in [1.54, 1.807) is 12.3 Å². The molecule has 6 nitrogen and oxygen atoms in total. The standard InChI is InChI=1S/C17H16BrN3O3S/c1-2-24-16(23)8-13-10-25-17(19-13)20-15(22)9-21-6-5-11-7-12(18)3-4-14(11)21/h3-7,10H,2,8-9H2,1H3,(H,19,20,22). The number of aromatic nitrogens is 2. The van der Waals surface area contributed by atoms with Crippen LogP contribution in [-0.4, -0.2) is 28.0 Å². The zero-order valence-electron chi connectivity index (χ0n) is 13.5. The molecule has 3 rings (SSSR count). The second-order valence-electron chi connectivity index (χ2n) is 5.32. The highest BCUT2D eigenvalue weighted by Gasteiger charge is 2.11. The molecular formula is C17H16BrN3O3S. The lowest BCUT2D eigenvalue weighted by Crippen LogP contribution is -2.18. The number of ether oxygens (including phenoxy) is 1. The number of fused-ring (bicyclic) bond motifs is 1. The fourth-order valence-electron chi connectivity index (χ4n) is 2.43. The van der Waals surface area contributed by atoms with Crippen molar-refractivity contribution in [3.8, 4) is 0 Å². The molecule has 0 atom stereocenters. The van der Waals surface area contributed by atoms with Gasteiger partial charge in [-0.3, -0.25) is 9.59 Å². The van der Waals surface area contributed by atoms with E-state index < -0.39 is 0 Å². The van der Waals surface area contributed by atoms with E-state index in [0.29, 0.717) is 17.4 Å². The molecule has 0 radical (unpaired) electrons. The molecule has 0 saturated carbocycles. The van der Waals surface area contributed by atoms with Crippen LogP contribution < -0.4 is 5.32 Å². The minimum atomic E-state index is -0.323. The first-order valence-corrected chi connectivity index (χ1v) is 9.36. The highest BCUT2D eigenvalue weighted by molar-refractivity contribution is 9.10. The molecule has 1 aromatic carbocycles. The van der Waals surface area contributed by atoms with E-state index in [-0.39, 0.29) is 24.8 Å². The van der Waals surface area contributed by atoms with Gasteiger partial charge in [-0.15, -0.1) is 11.3 Å². The van der Waals surface area contributed by atoms with Gasteiger partial charge >= 0.3 is 5.97 Å². The third-order valence-corrected chi connectivity index (χ3v) is 4.78. The van der Waals surface area contributed by atoms with Crippen molar-refractivity contribution in [3.63, 3.8) is 0 Å². The van der Waals surface area contributed by atoms with Gasteiger partial charge in [-0.2, -0.15) is 0 Å². The number of amides is 1. The summed E-state index contributed by atoms with van der Waals surface area (Å²) >= 11 is 4.73. The maximum absolute atomic E-state index is 12.3. The normalized spacial score (nSPS) is 10.8. The van der Waals surface area contributed by atoms with Crippen molar-refractivity contribution in [2.45, 2.75) is 19.9 Å². The summed E-state index contributed by atoms with van der Waals surface area (Å²) in [5.41, 5.74) is 1.58. The average molecular weight is 422 g/mol. The first-order chi connectivity index (χ1) is 12.0. The van der Waals surface area contributed by atoms with Crippen LogP contribution in [0.25, 0.3) is 10.9 Å². The van der Waals surface area contributed by atoms with E-state index in [2.05, 4.69) is 26.2 Å². The van der Waals surface area contributed by atoms with Crippen molar-refractivity contribution in [1.29, 1.82) is 0 Å². The Hall–Kier alpha value is -2.19. The molecule has 1 N–H and O–H groups in total. The number of carbonyl (C=O) groups is 2. The number of halogens is 1. The molecule has 0 spiro atoms. The number of nitrogens with one attached hydrogen (secondary N) is 1. The minimum Gasteiger partial charge on any atom is -0.466 e. The van der Waals surface area contributed by atoms with Crippen LogP contribution in [0, 0.1) is 0 Å². The monoisotopic (exact) mass is 421 g/mol. The van der Waals surface area contributed by atoms with Gasteiger partial charge in [0.1, 0.15) is 6.54 Å². The summed E-state index contributed by atoms with van der Waals surface area (Å²) in [6.45, 7) is 2.29. The van der Waals surface area contributed by atoms with Crippen molar-refractivity contribution >= 4 is 55.2 Å². The summed E-state index contributed by atoms with van der Waals surface area (Å²) in [5, 5.41) is 6.05. The van der Waals surface area contributed by atoms with Gasteiger partial charge in [0.15, 0.2) is 5.13 Å². The van der Waals surface area contributed by atoms with Crippen LogP contribution in [0.5, 0.6) is 0 Å². The molecule has 1 amide bonds. The zero-order chi connectivity index (χ0) is 17.8. The van der Waals surface area contributed by atoms with Crippen molar-refractivity contribution in [3.05, 3.63) is 46.0 Å². The van der Waals surface area contributed by atoms with Gasteiger partial charge in [0.25, 0.3) is 0 Å². The predicted molar refractivity (Wildman–Crippen MR) is 101 cm³/mol. The molecule has 2 aromatic heterocycles. The Labute approximate surface area is 156 Å². The van der Waals surface area contributed by atoms with Gasteiger partial charge in [-0.25, -0.2) is 4.98 Å². The Kier molecular flexibility index (Phi) is 5.50. The summed E-state index contributed by atoms with van der Waals surface area (Å²) in [5.74, 6) is -0.492. The fourth-order valence-corrected chi connectivity index (χ4v) is 3.53. The lowest BCUT2D eigenvalue weighted by molar-refractivity contribution is -0.142. The van der Waals surface area contributed by atoms with Crippen molar-refractivity contribution in [1.82, 2.24) is 9.55 Å². The first kappa shape index (κ1) is 17.6. The predicted octanol–water partition coefficient (Wildman–Crippen LogP) is 3.60. The van der Waals surface area contributed by atoms with E-state index in [0.717, 1.165) is 15.4 Å². The van der Waals surface area contributed by atoms with Gasteiger partial charge in [-0.1, -0.05) is 15.9 Å². The first-order valence-electron chi connectivity index (χ1n) is 7.69. The second-order valence-corrected chi connectivity index (χ2v) is 7.09. The number of thiazole rings is 1. The number of nitrogens with zero attached hydrogens (tertiary/aromatic N) is 2. The summed E-state index contributed by atoms with van der Waals surface area (Å²) < 4.78 is 7.77. The number of hydrogen-bond acceptors (Lipinski definition) is 5. The van der Waals surface area contributed by atoms with Crippen LogP contribution in [-0.2, 0) is 27.3 Å². The van der Waals surface area contributed by atoms with E-state index in [4.69, 9.17) is 4.74 Å². The lowest BCUT2D eigenvalue weighted by atomic mass is 10.2. The van der Waals surface area contributed by atoms with Crippen LogP contribution in [0.1, 0.15) is 12.6 Å². The molecular weight excluding hydrogens is 406 g/mol. The summed E-state index contributed by atoms with van der Waals surface area (Å²) in [6.07, 6.45) is 1.99. The van der Waals surface area contributed by atoms with Crippen molar-refractivity contribution in [2.24, 2.45) is 0 Å². The van der Waals surface area contributed by atoms with Gasteiger partial charge in [0.05, 0.1) is 18.7 Å². The van der Waals surface area contributed by atoms with Crippen molar-refractivity contribution < 1.29 is 14.3 Å². The van der Waals surface area contributed by atoms with Gasteiger partial charge in [0.2, 0.25) is 5.91 Å². The number of anilines is 1. The largest absolute Gasteiger partial charge is 0.466 e. The molecule has 0 unspecified atom stereocenters. The molecule has 0 aliphatic heterocycles. The molecule has 0 saturated heterocycles. The molecule has 8 heteroatoms. The topological polar surface area (TPSA) is 73.2 Å². The number of rotatable bonds is 6. The Morgan fingerprint density at radius 1 is 1.36 bits per heavy atom. The molecule has 0 aliphatic rings. The summed E-state index contributed by atoms with van der Waals surface area (Å²) in [6, 6.07) is 7.88. The Balaban J connectivity index is 1.62. The van der Waals surface area contributed by atoms with E-state index in [1.165, 1.54) is 11.3 Å². The Morgan fingerprint density at radius 2 is 2.20 bits per heavy atom. The quantitative estimate of drug-likeness (QED) is 0.616. The SMILES string of the molecule is CCOC(=O)Cc1csc(NC(=O)Cn2ccc3cc(Br)ccc32)n1. The highest BCUT2D eigenvalue weighted by atomic mass is 79.9. The smallest absolute Gasteiger partial charge is 0.311 e. The molecule has 3 aromatic rings. The number of benzene rings is 1. The molecule has 130 valence electrons. The molecule has 2 heterocycles. The molecule has 0 aliphatic carbocycles. The van der Waals surface area contributed by atoms with E-state index >= 15 is 0 Å². The lowest BCUT2D eigenvalue weighted by Gasteiger charge is -2.05. The number of hydrogen-bond donors (Lipinski definition) is 1. The van der Waals surface area contributed by atoms with Crippen LogP contribution in [0.15, 0.2) is 40.3 Å². The zero-order valence-corrected chi connectivity index (χ0v) is 15.9. The van der Waals surface area contributed by atoms with Crippen LogP contribution in [0.3, 0.4) is 0 Å². The highest BCUT2D eigenvalue weighted by Crippen LogP contribution is 2.21. The molecule has 0 fully saturated rings. The van der Waals surface area contributed by atoms with Gasteiger partial charge in [0, 0.05) is 27.0 Å². The minimum absolute atomic E-state index is 0.108. The third-order valence-electron chi connectivity index (χ3n) is 3.48. The van der Waals surface area contributed by atoms with Gasteiger partial charge < -0.3 is 14.6 Å². The number of carbonyl (C=O) groups excluding carboxylic acids is 2. The van der Waals surface area contributed by atoms with Crippen LogP contribution >= 0.6 is 27.3 Å². The number of esters is 1. The van der Waals surface area contributed by atoms with E-state index in [1.807, 2.05) is 35.0 Å². The maximum atomic E-state index is 12.3. The van der Waals surface area contributed by atoms with E-state index in [9.17, 15) is 9.59 Å². The Bertz CT molecular complexity index is 919. The molecule has 25 heavy (non-hydrogen) atoms. The van der Waals surface area contributed by atoms with Crippen LogP contribution in [0.2, 0.25) is 0 Å². The molecule has 0 bridgehead atoms. The fraction of sp³-hybridized carbons (Fsp3) is 0.235. The van der Waals surface area contributed by atoms with Crippen LogP contribution in [0.4, 0.5) is 5.13 Å². The maximum Gasteiger partial charge on any atom is 0.311 e. The van der Waals surface area contributed by atoms with Gasteiger partial charge in [-0.05, 0) is 31.2 Å². The third kappa shape index (κ3) is 4.46. The summed E-state index contributed by atoms with van der Waals surface area (Å²) in [4.78, 5) is 28.0. The second kappa shape index (κ2) is 7.79. The average Bonchev–Trinajstić information content (AvgIpc) is 3.14. The summed E-state index contributed by atoms with van der Waals surface area (Å²) in [7, 11) is 0.